The number of aliphatic hydroxyl groups is 1. The molecule has 0 saturated carbocycles. The summed E-state index contributed by atoms with van der Waals surface area (Å²) in [6.45, 7) is 13.1. The normalized spacial score (nSPS) is 15.2. The lowest BCUT2D eigenvalue weighted by Crippen LogP contribution is -2.34. The first kappa shape index (κ1) is 16.4. The van der Waals surface area contributed by atoms with Crippen molar-refractivity contribution in [2.45, 2.75) is 40.1 Å². The molecule has 0 bridgehead atoms. The molecule has 0 radical (unpaired) electrons. The van der Waals surface area contributed by atoms with Gasteiger partial charge in [-0.15, -0.1) is 0 Å². The van der Waals surface area contributed by atoms with E-state index in [1.165, 1.54) is 13.8 Å². The summed E-state index contributed by atoms with van der Waals surface area (Å²) in [6.07, 6.45) is -1.97. The van der Waals surface area contributed by atoms with Crippen LogP contribution in [0, 0.1) is 5.92 Å². The van der Waals surface area contributed by atoms with Crippen molar-refractivity contribution < 1.29 is 24.2 Å². The maximum absolute atomic E-state index is 11.3. The summed E-state index contributed by atoms with van der Waals surface area (Å²) < 4.78 is 9.76. The maximum atomic E-state index is 11.3. The van der Waals surface area contributed by atoms with Crippen LogP contribution in [0.2, 0.25) is 0 Å². The molecule has 0 amide bonds. The number of carbonyl (C=O) groups excluding carboxylic acids is 2. The Bertz CT molecular complexity index is 324. The first-order valence-corrected chi connectivity index (χ1v) is 5.57. The van der Waals surface area contributed by atoms with Crippen LogP contribution >= 0.6 is 0 Å². The van der Waals surface area contributed by atoms with Gasteiger partial charge in [-0.3, -0.25) is 0 Å². The molecule has 5 nitrogen and oxygen atoms in total. The van der Waals surface area contributed by atoms with E-state index in [1.807, 2.05) is 0 Å². The van der Waals surface area contributed by atoms with E-state index in [0.29, 0.717) is 0 Å². The van der Waals surface area contributed by atoms with Gasteiger partial charge in [-0.2, -0.15) is 0 Å². The van der Waals surface area contributed by atoms with E-state index in [0.717, 1.165) is 0 Å². The molecular formula is C13H20O5. The Morgan fingerprint density at radius 3 is 1.78 bits per heavy atom. The summed E-state index contributed by atoms with van der Waals surface area (Å²) in [7, 11) is 0. The van der Waals surface area contributed by atoms with Crippen LogP contribution in [0.5, 0.6) is 0 Å². The van der Waals surface area contributed by atoms with Gasteiger partial charge < -0.3 is 14.6 Å². The predicted molar refractivity (Wildman–Crippen MR) is 66.4 cm³/mol. The van der Waals surface area contributed by atoms with E-state index in [9.17, 15) is 14.7 Å². The van der Waals surface area contributed by atoms with Gasteiger partial charge in [0.2, 0.25) is 6.29 Å². The Morgan fingerprint density at radius 1 is 1.00 bits per heavy atom. The zero-order valence-corrected chi connectivity index (χ0v) is 11.2. The van der Waals surface area contributed by atoms with Crippen LogP contribution in [0.3, 0.4) is 0 Å². The zero-order valence-electron chi connectivity index (χ0n) is 11.2. The van der Waals surface area contributed by atoms with Crippen LogP contribution in [0.4, 0.5) is 0 Å². The molecule has 3 unspecified atom stereocenters. The average Bonchev–Trinajstić information content (AvgIpc) is 2.27. The van der Waals surface area contributed by atoms with E-state index in [4.69, 9.17) is 9.47 Å². The van der Waals surface area contributed by atoms with Crippen LogP contribution in [0.15, 0.2) is 24.3 Å². The third-order valence-corrected chi connectivity index (χ3v) is 2.41. The van der Waals surface area contributed by atoms with Crippen LogP contribution in [-0.2, 0) is 19.1 Å². The Hall–Kier alpha value is -1.62. The summed E-state index contributed by atoms with van der Waals surface area (Å²) in [4.78, 5) is 22.5. The molecule has 5 heteroatoms. The van der Waals surface area contributed by atoms with Gasteiger partial charge in [-0.25, -0.2) is 9.59 Å². The third-order valence-electron chi connectivity index (χ3n) is 2.41. The Kier molecular flexibility index (Phi) is 6.33. The number of rotatable bonds is 6. The van der Waals surface area contributed by atoms with Crippen molar-refractivity contribution >= 4 is 11.9 Å². The lowest BCUT2D eigenvalue weighted by molar-refractivity contribution is -0.182. The SMILES string of the molecule is C=C(C)C(=O)OC(C)C(C)C(O)OC(=O)C(=C)C. The Balaban J connectivity index is 4.41. The summed E-state index contributed by atoms with van der Waals surface area (Å²) in [5.74, 6) is -1.79. The second kappa shape index (κ2) is 6.96. The van der Waals surface area contributed by atoms with E-state index < -0.39 is 30.3 Å². The summed E-state index contributed by atoms with van der Waals surface area (Å²) in [5, 5.41) is 9.66. The van der Waals surface area contributed by atoms with Crippen molar-refractivity contribution in [3.63, 3.8) is 0 Å². The van der Waals surface area contributed by atoms with E-state index in [-0.39, 0.29) is 11.1 Å². The monoisotopic (exact) mass is 256 g/mol. The molecule has 18 heavy (non-hydrogen) atoms. The molecule has 0 heterocycles. The molecule has 0 aliphatic rings. The molecule has 0 aromatic rings. The highest BCUT2D eigenvalue weighted by molar-refractivity contribution is 5.87. The first-order chi connectivity index (χ1) is 8.16. The van der Waals surface area contributed by atoms with Crippen LogP contribution in [-0.4, -0.2) is 29.4 Å². The van der Waals surface area contributed by atoms with Gasteiger partial charge in [0.1, 0.15) is 6.10 Å². The number of hydrogen-bond acceptors (Lipinski definition) is 5. The number of ether oxygens (including phenoxy) is 2. The largest absolute Gasteiger partial charge is 0.459 e. The van der Waals surface area contributed by atoms with E-state index in [1.54, 1.807) is 13.8 Å². The zero-order chi connectivity index (χ0) is 14.5. The minimum atomic E-state index is -1.36. The highest BCUT2D eigenvalue weighted by Gasteiger charge is 2.27. The van der Waals surface area contributed by atoms with Crippen LogP contribution in [0.1, 0.15) is 27.7 Å². The highest BCUT2D eigenvalue weighted by Crippen LogP contribution is 2.15. The number of esters is 2. The lowest BCUT2D eigenvalue weighted by atomic mass is 10.1. The molecule has 0 fully saturated rings. The lowest BCUT2D eigenvalue weighted by Gasteiger charge is -2.24. The fourth-order valence-corrected chi connectivity index (χ4v) is 0.926. The molecule has 0 aliphatic carbocycles. The third kappa shape index (κ3) is 5.14. The number of hydrogen-bond donors (Lipinski definition) is 1. The number of carbonyl (C=O) groups is 2. The Labute approximate surface area is 107 Å². The predicted octanol–water partition coefficient (Wildman–Crippen LogP) is 1.57. The van der Waals surface area contributed by atoms with E-state index >= 15 is 0 Å². The average molecular weight is 256 g/mol. The molecule has 0 rings (SSSR count). The summed E-state index contributed by atoms with van der Waals surface area (Å²) in [5.41, 5.74) is 0.454. The number of aliphatic hydroxyl groups excluding tert-OH is 1. The van der Waals surface area contributed by atoms with Gasteiger partial charge in [0.15, 0.2) is 0 Å². The second-order valence-corrected chi connectivity index (χ2v) is 4.33. The van der Waals surface area contributed by atoms with Crippen molar-refractivity contribution in [2.24, 2.45) is 5.92 Å². The molecule has 1 N–H and O–H groups in total. The summed E-state index contributed by atoms with van der Waals surface area (Å²) in [6, 6.07) is 0. The topological polar surface area (TPSA) is 72.8 Å². The van der Waals surface area contributed by atoms with Crippen molar-refractivity contribution in [3.8, 4) is 0 Å². The molecule has 0 aliphatic heterocycles. The molecule has 0 saturated heterocycles. The van der Waals surface area contributed by atoms with Crippen molar-refractivity contribution in [2.75, 3.05) is 0 Å². The van der Waals surface area contributed by atoms with Crippen molar-refractivity contribution in [1.29, 1.82) is 0 Å². The minimum Gasteiger partial charge on any atom is -0.459 e. The smallest absolute Gasteiger partial charge is 0.335 e. The van der Waals surface area contributed by atoms with Gasteiger partial charge >= 0.3 is 11.9 Å². The molecule has 102 valence electrons. The molecule has 0 aromatic carbocycles. The summed E-state index contributed by atoms with van der Waals surface area (Å²) >= 11 is 0. The standard InChI is InChI=1S/C13H20O5/c1-7(2)11(14)17-10(6)9(5)13(16)18-12(15)8(3)4/h9-10,13,16H,1,3H2,2,4-6H3. The maximum Gasteiger partial charge on any atom is 0.335 e. The fraction of sp³-hybridized carbons (Fsp3) is 0.538. The Morgan fingerprint density at radius 2 is 1.39 bits per heavy atom. The molecule has 0 aromatic heterocycles. The highest BCUT2D eigenvalue weighted by atomic mass is 16.6. The fourth-order valence-electron chi connectivity index (χ4n) is 0.926. The first-order valence-electron chi connectivity index (χ1n) is 5.57. The van der Waals surface area contributed by atoms with Gasteiger partial charge in [0.25, 0.3) is 0 Å². The molecule has 0 spiro atoms. The van der Waals surface area contributed by atoms with Crippen LogP contribution < -0.4 is 0 Å². The van der Waals surface area contributed by atoms with Gasteiger partial charge in [-0.05, 0) is 20.8 Å². The molecular weight excluding hydrogens is 236 g/mol. The van der Waals surface area contributed by atoms with Gasteiger partial charge in [0.05, 0.1) is 5.92 Å². The van der Waals surface area contributed by atoms with Gasteiger partial charge in [0, 0.05) is 11.1 Å². The minimum absolute atomic E-state index is 0.188. The van der Waals surface area contributed by atoms with Crippen LogP contribution in [0.25, 0.3) is 0 Å². The van der Waals surface area contributed by atoms with Gasteiger partial charge in [-0.1, -0.05) is 20.1 Å². The second-order valence-electron chi connectivity index (χ2n) is 4.33. The van der Waals surface area contributed by atoms with Crippen molar-refractivity contribution in [1.82, 2.24) is 0 Å². The molecule has 3 atom stereocenters. The van der Waals surface area contributed by atoms with Crippen molar-refractivity contribution in [3.05, 3.63) is 24.3 Å². The quantitative estimate of drug-likeness (QED) is 0.443. The van der Waals surface area contributed by atoms with E-state index in [2.05, 4.69) is 13.2 Å².